The Morgan fingerprint density at radius 1 is 1.50 bits per heavy atom. The molecule has 0 fully saturated rings. The molecule has 1 aromatic carbocycles. The Labute approximate surface area is 52.0 Å². The van der Waals surface area contributed by atoms with Crippen LogP contribution in [0.25, 0.3) is 0 Å². The van der Waals surface area contributed by atoms with E-state index in [2.05, 4.69) is 5.11 Å². The number of nitrogens with two attached hydrogens (primary N) is 1. The van der Waals surface area contributed by atoms with Crippen LogP contribution in [0, 0.1) is 0 Å². The van der Waals surface area contributed by atoms with E-state index in [4.69, 9.17) is 4.25 Å². The van der Waals surface area contributed by atoms with E-state index in [1.54, 1.807) is 0 Å². The molecule has 0 radical (unpaired) electrons. The van der Waals surface area contributed by atoms with Gasteiger partial charge in [-0.2, -0.15) is 0 Å². The lowest BCUT2D eigenvalue weighted by atomic mass is 10.3. The van der Waals surface area contributed by atoms with Crippen molar-refractivity contribution in [3.63, 3.8) is 0 Å². The summed E-state index contributed by atoms with van der Waals surface area (Å²) in [6.07, 6.45) is 0. The summed E-state index contributed by atoms with van der Waals surface area (Å²) in [4.78, 5) is 0. The molecule has 0 unspecified atom stereocenters. The molecule has 0 heterocycles. The SMILES string of the molecule is [2H]Oc1ccc(N([2H])[2H])cc1. The predicted molar refractivity (Wildman–Crippen MR) is 32.5 cm³/mol. The Morgan fingerprint density at radius 2 is 2.25 bits per heavy atom. The van der Waals surface area contributed by atoms with Gasteiger partial charge in [-0.15, -0.1) is 0 Å². The van der Waals surface area contributed by atoms with Crippen LogP contribution in [-0.2, 0) is 0 Å². The first-order valence-electron chi connectivity index (χ1n) is 3.55. The van der Waals surface area contributed by atoms with Crippen LogP contribution in [0.1, 0.15) is 0 Å². The van der Waals surface area contributed by atoms with Gasteiger partial charge in [0, 0.05) is 5.69 Å². The maximum absolute atomic E-state index is 6.86. The van der Waals surface area contributed by atoms with E-state index in [-0.39, 0.29) is 0 Å². The van der Waals surface area contributed by atoms with Gasteiger partial charge in [-0.05, 0) is 24.3 Å². The highest BCUT2D eigenvalue weighted by molar-refractivity contribution is 5.40. The number of hydrogen-bond donors (Lipinski definition) is 2. The normalized spacial score (nSPS) is 13.2. The second-order valence-electron chi connectivity index (χ2n) is 1.49. The molecule has 0 aliphatic carbocycles. The molecule has 0 saturated carbocycles. The van der Waals surface area contributed by atoms with Gasteiger partial charge in [-0.1, -0.05) is 0 Å². The van der Waals surface area contributed by atoms with Crippen LogP contribution in [-0.4, -0.2) is 6.54 Å². The summed E-state index contributed by atoms with van der Waals surface area (Å²) in [6, 6.07) is 6.12. The van der Waals surface area contributed by atoms with Crippen LogP contribution in [0.4, 0.5) is 5.69 Å². The van der Waals surface area contributed by atoms with E-state index >= 15 is 0 Å². The third-order valence-corrected chi connectivity index (χ3v) is 0.837. The molecule has 2 heteroatoms. The summed E-state index contributed by atoms with van der Waals surface area (Å²) >= 11 is 0. The van der Waals surface area contributed by atoms with Gasteiger partial charge in [-0.25, -0.2) is 0 Å². The molecule has 0 saturated heterocycles. The van der Waals surface area contributed by atoms with Crippen LogP contribution in [0.5, 0.6) is 5.75 Å². The first kappa shape index (κ1) is 2.40. The van der Waals surface area contributed by atoms with Crippen LogP contribution < -0.4 is 5.72 Å². The molecular weight excluding hydrogens is 102 g/mol. The Kier molecular flexibility index (Phi) is 0.520. The first-order chi connectivity index (χ1) is 5.24. The molecule has 42 valence electrons. The van der Waals surface area contributed by atoms with Crippen molar-refractivity contribution < 1.29 is 7.93 Å². The fourth-order valence-electron chi connectivity index (χ4n) is 0.446. The second kappa shape index (κ2) is 1.74. The third kappa shape index (κ3) is 0.904. The Morgan fingerprint density at radius 3 is 2.75 bits per heavy atom. The van der Waals surface area contributed by atoms with Crippen LogP contribution in [0.2, 0.25) is 2.82 Å². The fraction of sp³-hybridized carbons (Fsp3) is 0. The lowest BCUT2D eigenvalue weighted by molar-refractivity contribution is 0.475. The van der Waals surface area contributed by atoms with E-state index < -0.39 is 0 Å². The Balaban J connectivity index is 2.83. The van der Waals surface area contributed by atoms with E-state index in [0.29, 0.717) is 17.2 Å². The number of anilines is 1. The summed E-state index contributed by atoms with van der Waals surface area (Å²) in [7, 11) is 0. The smallest absolute Gasteiger partial charge is 0.293 e. The van der Waals surface area contributed by atoms with Gasteiger partial charge in [0.05, 0.1) is 0 Å². The van der Waals surface area contributed by atoms with Gasteiger partial charge in [0.25, 0.3) is 1.43 Å². The van der Waals surface area contributed by atoms with Gasteiger partial charge in [0.15, 0.2) is 2.82 Å². The highest BCUT2D eigenvalue weighted by atomic mass is 16.3. The largest absolute Gasteiger partial charge is 0.508 e. The molecule has 0 bridgehead atoms. The van der Waals surface area contributed by atoms with Crippen molar-refractivity contribution in [1.29, 1.82) is 1.43 Å². The average Bonchev–Trinajstić information content (AvgIpc) is 2.05. The minimum atomic E-state index is 0.399. The maximum Gasteiger partial charge on any atom is 0.293 e. The molecule has 0 atom stereocenters. The average molecular weight is 112 g/mol. The van der Waals surface area contributed by atoms with E-state index in [0.717, 1.165) is 0 Å². The van der Waals surface area contributed by atoms with Crippen LogP contribution in [0.15, 0.2) is 24.3 Å². The number of hydrogen-bond acceptors (Lipinski definition) is 2. The van der Waals surface area contributed by atoms with E-state index in [9.17, 15) is 0 Å². The van der Waals surface area contributed by atoms with Gasteiger partial charge in [0.2, 0.25) is 0 Å². The zero-order valence-corrected chi connectivity index (χ0v) is 4.16. The van der Waals surface area contributed by atoms with Gasteiger partial charge in [-0.3, -0.25) is 0 Å². The van der Waals surface area contributed by atoms with Crippen molar-refractivity contribution in [2.45, 2.75) is 0 Å². The van der Waals surface area contributed by atoms with Crippen molar-refractivity contribution in [3.8, 4) is 5.75 Å². The van der Waals surface area contributed by atoms with Crippen LogP contribution >= 0.6 is 0 Å². The molecule has 1 aromatic rings. The molecule has 0 aliphatic heterocycles. The molecule has 2 nitrogen and oxygen atoms in total. The second-order valence-corrected chi connectivity index (χ2v) is 1.49. The minimum absolute atomic E-state index is 0.399. The number of rotatable bonds is 2. The number of nitrogen functional groups attached to an aromatic ring is 1. The number of aromatic hydroxyl groups is 1. The third-order valence-electron chi connectivity index (χ3n) is 0.837. The molecule has 1 rings (SSSR count). The lowest BCUT2D eigenvalue weighted by Crippen LogP contribution is -1.80. The standard InChI is InChI=1S/C6H7NO/c7-5-1-3-6(8)4-2-5/h1-4,8H,7H2/i/hD3. The zero-order valence-electron chi connectivity index (χ0n) is 7.16. The zero-order chi connectivity index (χ0) is 8.27. The molecular formula is C6H7NO. The van der Waals surface area contributed by atoms with Crippen molar-refractivity contribution in [1.82, 2.24) is 0 Å². The number of phenolic OH excluding ortho intramolecular Hbond substituents is 1. The van der Waals surface area contributed by atoms with Crippen molar-refractivity contribution in [3.05, 3.63) is 24.3 Å². The first-order valence-corrected chi connectivity index (χ1v) is 2.25. The van der Waals surface area contributed by atoms with Crippen LogP contribution in [0.3, 0.4) is 0 Å². The molecule has 0 aromatic heterocycles. The summed E-state index contributed by atoms with van der Waals surface area (Å²) < 4.78 is 20.2. The Hall–Kier alpha value is -1.18. The van der Waals surface area contributed by atoms with E-state index in [1.165, 1.54) is 24.3 Å². The fourth-order valence-corrected chi connectivity index (χ4v) is 0.446. The molecule has 0 amide bonds. The predicted octanol–water partition coefficient (Wildman–Crippen LogP) is 0.974. The summed E-state index contributed by atoms with van der Waals surface area (Å²) in [5.41, 5.74) is 0.930. The van der Waals surface area contributed by atoms with Crippen molar-refractivity contribution >= 4 is 5.69 Å². The van der Waals surface area contributed by atoms with Gasteiger partial charge in [0.1, 0.15) is 5.75 Å². The Bertz CT molecular complexity index is 224. The minimum Gasteiger partial charge on any atom is -0.508 e. The monoisotopic (exact) mass is 112 g/mol. The number of benzene rings is 1. The molecule has 3 N–H and O–H groups in total. The molecule has 8 heavy (non-hydrogen) atoms. The molecule has 0 spiro atoms. The maximum atomic E-state index is 6.86. The quantitative estimate of drug-likeness (QED) is 0.442. The van der Waals surface area contributed by atoms with Crippen molar-refractivity contribution in [2.75, 3.05) is 5.72 Å². The highest BCUT2D eigenvalue weighted by Crippen LogP contribution is 2.09. The summed E-state index contributed by atoms with van der Waals surface area (Å²) in [6.45, 7) is 0. The topological polar surface area (TPSA) is 46.2 Å². The highest BCUT2D eigenvalue weighted by Gasteiger charge is 1.82. The van der Waals surface area contributed by atoms with E-state index in [1.807, 2.05) is 0 Å². The lowest BCUT2D eigenvalue weighted by Gasteiger charge is -1.89. The summed E-state index contributed by atoms with van der Waals surface area (Å²) in [5.74, 6) is 0.399. The summed E-state index contributed by atoms with van der Waals surface area (Å²) in [5, 5.41) is 4.16. The molecule has 0 aliphatic rings. The van der Waals surface area contributed by atoms with Gasteiger partial charge >= 0.3 is 0 Å². The van der Waals surface area contributed by atoms with Gasteiger partial charge < -0.3 is 10.8 Å². The number of phenols is 1. The van der Waals surface area contributed by atoms with Crippen molar-refractivity contribution in [2.24, 2.45) is 0 Å².